The van der Waals surface area contributed by atoms with Crippen molar-refractivity contribution < 1.29 is 23.5 Å². The van der Waals surface area contributed by atoms with Crippen molar-refractivity contribution in [1.82, 2.24) is 14.8 Å². The van der Waals surface area contributed by atoms with Gasteiger partial charge in [-0.3, -0.25) is 4.79 Å². The number of ether oxygens (including phenoxy) is 2. The Morgan fingerprint density at radius 3 is 2.73 bits per heavy atom. The van der Waals surface area contributed by atoms with Gasteiger partial charge in [0.15, 0.2) is 17.1 Å². The van der Waals surface area contributed by atoms with Crippen LogP contribution < -0.4 is 10.1 Å². The number of esters is 1. The average molecular weight is 513 g/mol. The van der Waals surface area contributed by atoms with Gasteiger partial charge < -0.3 is 19.4 Å². The molecule has 0 spiro atoms. The molecule has 1 unspecified atom stereocenters. The summed E-state index contributed by atoms with van der Waals surface area (Å²) in [5.74, 6) is -0.351. The van der Waals surface area contributed by atoms with Crippen molar-refractivity contribution in [2.24, 2.45) is 7.05 Å². The lowest BCUT2D eigenvalue weighted by Crippen LogP contribution is -2.16. The third-order valence-corrected chi connectivity index (χ3v) is 7.23. The van der Waals surface area contributed by atoms with Crippen LogP contribution >= 0.6 is 34.7 Å². The van der Waals surface area contributed by atoms with Gasteiger partial charge in [-0.1, -0.05) is 23.4 Å². The number of carbonyl (C=O) groups excluding carboxylic acids is 2. The molecule has 3 rings (SSSR count). The predicted molar refractivity (Wildman–Crippen MR) is 126 cm³/mol. The van der Waals surface area contributed by atoms with Gasteiger partial charge in [-0.05, 0) is 44.5 Å². The normalized spacial score (nSPS) is 11.8. The highest BCUT2D eigenvalue weighted by atomic mass is 35.5. The topological polar surface area (TPSA) is 95.3 Å². The summed E-state index contributed by atoms with van der Waals surface area (Å²) < 4.78 is 25.6. The maximum atomic E-state index is 13.2. The molecule has 0 aliphatic carbocycles. The van der Waals surface area contributed by atoms with E-state index in [4.69, 9.17) is 21.1 Å². The minimum Gasteiger partial charge on any atom is -0.481 e. The Bertz CT molecular complexity index is 1200. The Hall–Kier alpha value is -2.63. The van der Waals surface area contributed by atoms with Crippen molar-refractivity contribution in [3.8, 4) is 5.75 Å². The van der Waals surface area contributed by atoms with Crippen molar-refractivity contribution in [3.63, 3.8) is 0 Å². The molecule has 1 atom stereocenters. The van der Waals surface area contributed by atoms with Crippen LogP contribution in [0.4, 0.5) is 9.39 Å². The second kappa shape index (κ2) is 10.5. The first-order chi connectivity index (χ1) is 15.6. The zero-order chi connectivity index (χ0) is 24.3. The van der Waals surface area contributed by atoms with Gasteiger partial charge in [0.2, 0.25) is 5.91 Å². The third-order valence-electron chi connectivity index (χ3n) is 4.79. The second-order valence-electron chi connectivity index (χ2n) is 7.05. The SMILES string of the molecule is COC(=O)c1c(NC(=O)CSc2nnc(C(C)Oc3ccc(F)cc3Cl)n2C)sc(C)c1C. The maximum absolute atomic E-state index is 13.2. The minimum atomic E-state index is -0.520. The molecule has 2 aromatic heterocycles. The zero-order valence-corrected chi connectivity index (χ0v) is 21.0. The highest BCUT2D eigenvalue weighted by molar-refractivity contribution is 7.99. The largest absolute Gasteiger partial charge is 0.481 e. The van der Waals surface area contributed by atoms with Crippen LogP contribution in [0.5, 0.6) is 5.75 Å². The Labute approximate surface area is 203 Å². The molecule has 1 amide bonds. The van der Waals surface area contributed by atoms with Crippen LogP contribution in [-0.4, -0.2) is 39.5 Å². The second-order valence-corrected chi connectivity index (χ2v) is 9.62. The fraction of sp³-hybridized carbons (Fsp3) is 0.333. The fourth-order valence-electron chi connectivity index (χ4n) is 2.98. The minimum absolute atomic E-state index is 0.0572. The number of hydrogen-bond acceptors (Lipinski definition) is 8. The molecular weight excluding hydrogens is 491 g/mol. The summed E-state index contributed by atoms with van der Waals surface area (Å²) >= 11 is 8.54. The van der Waals surface area contributed by atoms with E-state index in [0.29, 0.717) is 27.3 Å². The number of halogens is 2. The molecule has 1 aromatic carbocycles. The molecule has 33 heavy (non-hydrogen) atoms. The standard InChI is InChI=1S/C21H22ClFN4O4S2/c1-10-12(3)33-19(17(10)20(29)30-5)24-16(28)9-32-21-26-25-18(27(21)4)11(2)31-15-7-6-13(23)8-14(15)22/h6-8,11H,9H2,1-5H3,(H,24,28). The molecule has 0 aliphatic heterocycles. The van der Waals surface area contributed by atoms with Crippen LogP contribution in [0.25, 0.3) is 0 Å². The first-order valence-corrected chi connectivity index (χ1v) is 11.9. The van der Waals surface area contributed by atoms with Crippen LogP contribution in [-0.2, 0) is 16.6 Å². The van der Waals surface area contributed by atoms with Gasteiger partial charge in [0.25, 0.3) is 0 Å². The molecule has 1 N–H and O–H groups in total. The summed E-state index contributed by atoms with van der Waals surface area (Å²) in [6.07, 6.45) is -0.520. The number of methoxy groups -OCH3 is 1. The summed E-state index contributed by atoms with van der Waals surface area (Å²) in [4.78, 5) is 25.5. The van der Waals surface area contributed by atoms with E-state index >= 15 is 0 Å². The number of amides is 1. The number of thiophene rings is 1. The summed E-state index contributed by atoms with van der Waals surface area (Å²) in [6.45, 7) is 5.45. The fourth-order valence-corrected chi connectivity index (χ4v) is 4.97. The van der Waals surface area contributed by atoms with E-state index in [1.807, 2.05) is 13.8 Å². The lowest BCUT2D eigenvalue weighted by molar-refractivity contribution is -0.113. The molecule has 176 valence electrons. The number of rotatable bonds is 8. The van der Waals surface area contributed by atoms with Crippen LogP contribution in [0.1, 0.15) is 39.7 Å². The van der Waals surface area contributed by atoms with Gasteiger partial charge in [0.1, 0.15) is 16.6 Å². The predicted octanol–water partition coefficient (Wildman–Crippen LogP) is 4.94. The van der Waals surface area contributed by atoms with Crippen LogP contribution in [0.2, 0.25) is 5.02 Å². The zero-order valence-electron chi connectivity index (χ0n) is 18.6. The van der Waals surface area contributed by atoms with E-state index in [9.17, 15) is 14.0 Å². The van der Waals surface area contributed by atoms with Gasteiger partial charge >= 0.3 is 5.97 Å². The van der Waals surface area contributed by atoms with E-state index < -0.39 is 17.9 Å². The molecule has 0 saturated heterocycles. The first kappa shape index (κ1) is 25.0. The molecule has 0 aliphatic rings. The Balaban J connectivity index is 1.64. The van der Waals surface area contributed by atoms with Gasteiger partial charge in [0.05, 0.1) is 23.4 Å². The van der Waals surface area contributed by atoms with E-state index in [1.54, 1.807) is 18.5 Å². The van der Waals surface area contributed by atoms with Crippen LogP contribution in [0.3, 0.4) is 0 Å². The average Bonchev–Trinajstić information content (AvgIpc) is 3.26. The van der Waals surface area contributed by atoms with E-state index in [2.05, 4.69) is 15.5 Å². The van der Waals surface area contributed by atoms with Gasteiger partial charge in [-0.25, -0.2) is 9.18 Å². The molecule has 3 aromatic rings. The maximum Gasteiger partial charge on any atom is 0.341 e. The highest BCUT2D eigenvalue weighted by Gasteiger charge is 2.23. The van der Waals surface area contributed by atoms with Crippen molar-refractivity contribution in [3.05, 3.63) is 50.9 Å². The summed E-state index contributed by atoms with van der Waals surface area (Å²) in [6, 6.07) is 3.87. The van der Waals surface area contributed by atoms with Crippen molar-refractivity contribution in [2.45, 2.75) is 32.0 Å². The molecule has 0 bridgehead atoms. The molecule has 2 heterocycles. The van der Waals surface area contributed by atoms with E-state index in [-0.39, 0.29) is 16.7 Å². The van der Waals surface area contributed by atoms with Gasteiger partial charge in [-0.15, -0.1) is 21.5 Å². The summed E-state index contributed by atoms with van der Waals surface area (Å²) in [5, 5.41) is 12.2. The van der Waals surface area contributed by atoms with Crippen LogP contribution in [0, 0.1) is 19.7 Å². The van der Waals surface area contributed by atoms with Crippen molar-refractivity contribution in [2.75, 3.05) is 18.2 Å². The highest BCUT2D eigenvalue weighted by Crippen LogP contribution is 2.33. The number of thioether (sulfide) groups is 1. The lowest BCUT2D eigenvalue weighted by Gasteiger charge is -2.15. The number of aromatic nitrogens is 3. The molecular formula is C21H22ClFN4O4S2. The monoisotopic (exact) mass is 512 g/mol. The Morgan fingerprint density at radius 2 is 2.06 bits per heavy atom. The van der Waals surface area contributed by atoms with Crippen molar-refractivity contribution in [1.29, 1.82) is 0 Å². The number of benzene rings is 1. The van der Waals surface area contributed by atoms with Crippen LogP contribution in [0.15, 0.2) is 23.4 Å². The third kappa shape index (κ3) is 5.66. The van der Waals surface area contributed by atoms with E-state index in [1.165, 1.54) is 48.4 Å². The summed E-state index contributed by atoms with van der Waals surface area (Å²) in [5.41, 5.74) is 1.15. The molecule has 0 radical (unpaired) electrons. The molecule has 8 nitrogen and oxygen atoms in total. The molecule has 0 saturated carbocycles. The van der Waals surface area contributed by atoms with Crippen molar-refractivity contribution >= 4 is 51.6 Å². The van der Waals surface area contributed by atoms with E-state index in [0.717, 1.165) is 10.4 Å². The van der Waals surface area contributed by atoms with Gasteiger partial charge in [-0.2, -0.15) is 0 Å². The summed E-state index contributed by atoms with van der Waals surface area (Å²) in [7, 11) is 3.06. The number of hydrogen-bond donors (Lipinski definition) is 1. The molecule has 0 fully saturated rings. The van der Waals surface area contributed by atoms with Gasteiger partial charge in [0, 0.05) is 11.9 Å². The molecule has 12 heteroatoms. The number of nitrogens with zero attached hydrogens (tertiary/aromatic N) is 3. The number of carbonyl (C=O) groups is 2. The number of nitrogens with one attached hydrogen (secondary N) is 1. The smallest absolute Gasteiger partial charge is 0.341 e. The Morgan fingerprint density at radius 1 is 1.33 bits per heavy atom. The lowest BCUT2D eigenvalue weighted by atomic mass is 10.1. The first-order valence-electron chi connectivity index (χ1n) is 9.74. The quantitative estimate of drug-likeness (QED) is 0.337. The Kier molecular flexibility index (Phi) is 7.98. The number of aryl methyl sites for hydroxylation is 1. The number of anilines is 1.